The summed E-state index contributed by atoms with van der Waals surface area (Å²) in [7, 11) is 1.75. The average Bonchev–Trinajstić information content (AvgIpc) is 2.59. The van der Waals surface area contributed by atoms with E-state index < -0.39 is 0 Å². The molecule has 0 spiro atoms. The Hall–Kier alpha value is -1.26. The van der Waals surface area contributed by atoms with Crippen LogP contribution in [0.1, 0.15) is 49.7 Å². The van der Waals surface area contributed by atoms with Gasteiger partial charge in [-0.25, -0.2) is 0 Å². The molecule has 0 N–H and O–H groups in total. The minimum Gasteiger partial charge on any atom is -0.496 e. The van der Waals surface area contributed by atoms with Crippen LogP contribution in [-0.2, 0) is 11.3 Å². The van der Waals surface area contributed by atoms with E-state index in [1.165, 1.54) is 49.9 Å². The molecule has 2 aliphatic heterocycles. The molecule has 2 aliphatic rings. The van der Waals surface area contributed by atoms with Crippen molar-refractivity contribution in [3.63, 3.8) is 0 Å². The zero-order valence-electron chi connectivity index (χ0n) is 14.5. The lowest BCUT2D eigenvalue weighted by molar-refractivity contribution is -0.105. The van der Waals surface area contributed by atoms with Crippen molar-refractivity contribution in [2.45, 2.75) is 58.3 Å². The van der Waals surface area contributed by atoms with E-state index in [-0.39, 0.29) is 6.29 Å². The largest absolute Gasteiger partial charge is 0.496 e. The summed E-state index contributed by atoms with van der Waals surface area (Å²) in [5.41, 5.74) is 2.52. The molecule has 1 atom stereocenters. The molecule has 128 valence electrons. The Kier molecular flexibility index (Phi) is 5.79. The maximum atomic E-state index is 6.01. The lowest BCUT2D eigenvalue weighted by Gasteiger charge is -2.28. The van der Waals surface area contributed by atoms with E-state index >= 15 is 0 Å². The number of hydrogen-bond donors (Lipinski definition) is 0. The SMILES string of the molecule is COc1cc(OC2CCCCO2)cc(C)c1CN1CCCCC1. The van der Waals surface area contributed by atoms with Gasteiger partial charge in [-0.3, -0.25) is 4.90 Å². The molecule has 1 aromatic rings. The van der Waals surface area contributed by atoms with Crippen molar-refractivity contribution in [3.8, 4) is 11.5 Å². The second-order valence-corrected chi connectivity index (χ2v) is 6.67. The predicted octanol–water partition coefficient (Wildman–Crippen LogP) is 3.89. The van der Waals surface area contributed by atoms with Crippen molar-refractivity contribution in [2.24, 2.45) is 0 Å². The maximum absolute atomic E-state index is 6.01. The number of likely N-dealkylation sites (tertiary alicyclic amines) is 1. The number of nitrogens with zero attached hydrogens (tertiary/aromatic N) is 1. The van der Waals surface area contributed by atoms with Crippen LogP contribution in [0.3, 0.4) is 0 Å². The lowest BCUT2D eigenvalue weighted by atomic mass is 10.0. The molecule has 23 heavy (non-hydrogen) atoms. The van der Waals surface area contributed by atoms with Crippen molar-refractivity contribution in [1.82, 2.24) is 4.90 Å². The van der Waals surface area contributed by atoms with Gasteiger partial charge in [-0.05, 0) is 57.3 Å². The highest BCUT2D eigenvalue weighted by Crippen LogP contribution is 2.31. The van der Waals surface area contributed by atoms with Crippen molar-refractivity contribution < 1.29 is 14.2 Å². The third-order valence-corrected chi connectivity index (χ3v) is 4.86. The first-order valence-corrected chi connectivity index (χ1v) is 8.94. The average molecular weight is 319 g/mol. The van der Waals surface area contributed by atoms with Crippen LogP contribution >= 0.6 is 0 Å². The molecule has 0 radical (unpaired) electrons. The second kappa shape index (κ2) is 8.02. The number of ether oxygens (including phenoxy) is 3. The molecule has 0 aromatic heterocycles. The van der Waals surface area contributed by atoms with Gasteiger partial charge in [0.1, 0.15) is 11.5 Å². The van der Waals surface area contributed by atoms with Crippen LogP contribution in [0, 0.1) is 6.92 Å². The summed E-state index contributed by atoms with van der Waals surface area (Å²) < 4.78 is 17.3. The number of benzene rings is 1. The summed E-state index contributed by atoms with van der Waals surface area (Å²) in [6, 6.07) is 4.14. The normalized spacial score (nSPS) is 22.8. The highest BCUT2D eigenvalue weighted by molar-refractivity contribution is 5.46. The van der Waals surface area contributed by atoms with Crippen molar-refractivity contribution in [3.05, 3.63) is 23.3 Å². The molecule has 3 rings (SSSR count). The topological polar surface area (TPSA) is 30.9 Å². The summed E-state index contributed by atoms with van der Waals surface area (Å²) in [5, 5.41) is 0. The van der Waals surface area contributed by atoms with E-state index in [0.717, 1.165) is 37.5 Å². The van der Waals surface area contributed by atoms with Crippen molar-refractivity contribution >= 4 is 0 Å². The maximum Gasteiger partial charge on any atom is 0.199 e. The molecule has 1 aromatic carbocycles. The standard InChI is InChI=1S/C19H29NO3/c1-15-12-16(23-19-8-4-7-11-22-19)13-18(21-2)17(15)14-20-9-5-3-6-10-20/h12-13,19H,3-11,14H2,1-2H3. The van der Waals surface area contributed by atoms with Gasteiger partial charge >= 0.3 is 0 Å². The van der Waals surface area contributed by atoms with Crippen LogP contribution < -0.4 is 9.47 Å². The molecule has 2 saturated heterocycles. The molecule has 0 bridgehead atoms. The Labute approximate surface area is 139 Å². The van der Waals surface area contributed by atoms with Crippen LogP contribution in [0.2, 0.25) is 0 Å². The minimum absolute atomic E-state index is 0.110. The van der Waals surface area contributed by atoms with E-state index in [9.17, 15) is 0 Å². The van der Waals surface area contributed by atoms with Gasteiger partial charge in [0.05, 0.1) is 13.7 Å². The molecular weight excluding hydrogens is 290 g/mol. The number of aryl methyl sites for hydroxylation is 1. The van der Waals surface area contributed by atoms with Crippen LogP contribution in [0.15, 0.2) is 12.1 Å². The van der Waals surface area contributed by atoms with E-state index in [1.807, 2.05) is 6.07 Å². The van der Waals surface area contributed by atoms with E-state index in [1.54, 1.807) is 7.11 Å². The summed E-state index contributed by atoms with van der Waals surface area (Å²) in [5.74, 6) is 1.79. The Morgan fingerprint density at radius 1 is 1.13 bits per heavy atom. The second-order valence-electron chi connectivity index (χ2n) is 6.67. The Bertz CT molecular complexity index is 506. The summed E-state index contributed by atoms with van der Waals surface area (Å²) in [4.78, 5) is 2.53. The third kappa shape index (κ3) is 4.39. The van der Waals surface area contributed by atoms with Crippen molar-refractivity contribution in [2.75, 3.05) is 26.8 Å². The van der Waals surface area contributed by atoms with Crippen LogP contribution in [0.25, 0.3) is 0 Å². The Morgan fingerprint density at radius 3 is 2.65 bits per heavy atom. The summed E-state index contributed by atoms with van der Waals surface area (Å²) in [6.45, 7) is 6.30. The fourth-order valence-electron chi connectivity index (χ4n) is 3.50. The van der Waals surface area contributed by atoms with Gasteiger partial charge in [0, 0.05) is 24.6 Å². The first kappa shape index (κ1) is 16.6. The third-order valence-electron chi connectivity index (χ3n) is 4.86. The molecule has 4 nitrogen and oxygen atoms in total. The lowest BCUT2D eigenvalue weighted by Crippen LogP contribution is -2.29. The molecule has 4 heteroatoms. The zero-order chi connectivity index (χ0) is 16.1. The van der Waals surface area contributed by atoms with E-state index in [4.69, 9.17) is 14.2 Å². The van der Waals surface area contributed by atoms with Gasteiger partial charge in [-0.1, -0.05) is 6.42 Å². The van der Waals surface area contributed by atoms with Crippen LogP contribution in [0.4, 0.5) is 0 Å². The number of methoxy groups -OCH3 is 1. The van der Waals surface area contributed by atoms with Crippen LogP contribution in [-0.4, -0.2) is 38.0 Å². The van der Waals surface area contributed by atoms with Gasteiger partial charge in [-0.2, -0.15) is 0 Å². The number of rotatable bonds is 5. The highest BCUT2D eigenvalue weighted by atomic mass is 16.7. The smallest absolute Gasteiger partial charge is 0.199 e. The van der Waals surface area contributed by atoms with Gasteiger partial charge in [0.15, 0.2) is 6.29 Å². The molecule has 0 aliphatic carbocycles. The number of piperidine rings is 1. The van der Waals surface area contributed by atoms with Gasteiger partial charge in [0.2, 0.25) is 0 Å². The molecule has 1 unspecified atom stereocenters. The van der Waals surface area contributed by atoms with Gasteiger partial charge in [-0.15, -0.1) is 0 Å². The molecule has 2 fully saturated rings. The highest BCUT2D eigenvalue weighted by Gasteiger charge is 2.19. The molecule has 2 heterocycles. The minimum atomic E-state index is -0.110. The van der Waals surface area contributed by atoms with Crippen LogP contribution in [0.5, 0.6) is 11.5 Å². The van der Waals surface area contributed by atoms with Gasteiger partial charge < -0.3 is 14.2 Å². The van der Waals surface area contributed by atoms with E-state index in [2.05, 4.69) is 17.9 Å². The first-order valence-electron chi connectivity index (χ1n) is 8.94. The monoisotopic (exact) mass is 319 g/mol. The quantitative estimate of drug-likeness (QED) is 0.824. The molecule has 0 amide bonds. The Morgan fingerprint density at radius 2 is 1.96 bits per heavy atom. The summed E-state index contributed by atoms with van der Waals surface area (Å²) >= 11 is 0. The van der Waals surface area contributed by atoms with E-state index in [0.29, 0.717) is 0 Å². The van der Waals surface area contributed by atoms with Gasteiger partial charge in [0.25, 0.3) is 0 Å². The fourth-order valence-corrected chi connectivity index (χ4v) is 3.50. The fraction of sp³-hybridized carbons (Fsp3) is 0.684. The number of hydrogen-bond acceptors (Lipinski definition) is 4. The van der Waals surface area contributed by atoms with Crippen molar-refractivity contribution in [1.29, 1.82) is 0 Å². The Balaban J connectivity index is 1.72. The predicted molar refractivity (Wildman–Crippen MR) is 91.1 cm³/mol. The molecule has 0 saturated carbocycles. The first-order chi connectivity index (χ1) is 11.3. The zero-order valence-corrected chi connectivity index (χ0v) is 14.5. The summed E-state index contributed by atoms with van der Waals surface area (Å²) in [6.07, 6.45) is 7.15. The molecular formula is C19H29NO3.